The highest BCUT2D eigenvalue weighted by Crippen LogP contribution is 2.22. The van der Waals surface area contributed by atoms with Gasteiger partial charge in [-0.05, 0) is 47.7 Å². The van der Waals surface area contributed by atoms with E-state index in [-0.39, 0.29) is 0 Å². The lowest BCUT2D eigenvalue weighted by Crippen LogP contribution is -2.39. The van der Waals surface area contributed by atoms with Crippen molar-refractivity contribution in [3.8, 4) is 0 Å². The van der Waals surface area contributed by atoms with E-state index < -0.39 is 10.0 Å². The van der Waals surface area contributed by atoms with Gasteiger partial charge in [-0.25, -0.2) is 23.1 Å². The van der Waals surface area contributed by atoms with Gasteiger partial charge in [0.05, 0.1) is 4.90 Å². The minimum Gasteiger partial charge on any atom is -0.341 e. The van der Waals surface area contributed by atoms with E-state index in [4.69, 9.17) is 0 Å². The molecule has 2 aromatic carbocycles. The van der Waals surface area contributed by atoms with Crippen molar-refractivity contribution in [2.45, 2.75) is 17.7 Å². The molecule has 1 aliphatic heterocycles. The van der Waals surface area contributed by atoms with E-state index in [2.05, 4.69) is 19.6 Å². The van der Waals surface area contributed by atoms with Gasteiger partial charge >= 0.3 is 0 Å². The molecule has 0 radical (unpaired) electrons. The second kappa shape index (κ2) is 7.62. The predicted molar refractivity (Wildman–Crippen MR) is 106 cm³/mol. The number of anilines is 1. The largest absolute Gasteiger partial charge is 0.341 e. The molecule has 0 atom stereocenters. The third kappa shape index (κ3) is 4.09. The van der Waals surface area contributed by atoms with Crippen LogP contribution in [0.5, 0.6) is 0 Å². The Kier molecular flexibility index (Phi) is 5.05. The van der Waals surface area contributed by atoms with Crippen LogP contribution in [0.15, 0.2) is 65.8 Å². The van der Waals surface area contributed by atoms with Crippen LogP contribution < -0.4 is 9.62 Å². The van der Waals surface area contributed by atoms with Gasteiger partial charge in [-0.2, -0.15) is 0 Å². The molecule has 7 heteroatoms. The minimum atomic E-state index is -3.51. The number of hydrogen-bond acceptors (Lipinski definition) is 5. The van der Waals surface area contributed by atoms with Gasteiger partial charge in [0, 0.05) is 32.0 Å². The number of fused-ring (bicyclic) bond motifs is 1. The normalized spacial score (nSPS) is 15.9. The zero-order valence-corrected chi connectivity index (χ0v) is 15.8. The first kappa shape index (κ1) is 17.9. The second-order valence-electron chi connectivity index (χ2n) is 6.84. The topological polar surface area (TPSA) is 75.2 Å². The summed E-state index contributed by atoms with van der Waals surface area (Å²) < 4.78 is 28.1. The van der Waals surface area contributed by atoms with Crippen LogP contribution in [0.3, 0.4) is 0 Å². The average molecular weight is 382 g/mol. The molecule has 0 spiro atoms. The van der Waals surface area contributed by atoms with Crippen LogP contribution in [-0.4, -0.2) is 38.0 Å². The van der Waals surface area contributed by atoms with E-state index in [0.717, 1.165) is 42.7 Å². The first-order valence-electron chi connectivity index (χ1n) is 9.12. The first-order chi connectivity index (χ1) is 13.1. The molecule has 27 heavy (non-hydrogen) atoms. The number of sulfonamides is 1. The molecule has 6 nitrogen and oxygen atoms in total. The van der Waals surface area contributed by atoms with E-state index >= 15 is 0 Å². The van der Waals surface area contributed by atoms with Gasteiger partial charge < -0.3 is 4.90 Å². The molecule has 1 N–H and O–H groups in total. The monoisotopic (exact) mass is 382 g/mol. The highest BCUT2D eigenvalue weighted by atomic mass is 32.2. The third-order valence-electron chi connectivity index (χ3n) is 5.04. The molecule has 1 aromatic heterocycles. The SMILES string of the molecule is O=S(=O)(NCC1CCN(c2ncccn2)CC1)c1ccc2ccccc2c1. The minimum absolute atomic E-state index is 0.316. The fraction of sp³-hybridized carbons (Fsp3) is 0.300. The van der Waals surface area contributed by atoms with Crippen molar-refractivity contribution in [3.63, 3.8) is 0 Å². The molecular formula is C20H22N4O2S. The summed E-state index contributed by atoms with van der Waals surface area (Å²) in [7, 11) is -3.51. The summed E-state index contributed by atoms with van der Waals surface area (Å²) in [5.74, 6) is 1.06. The van der Waals surface area contributed by atoms with E-state index in [0.29, 0.717) is 17.4 Å². The summed E-state index contributed by atoms with van der Waals surface area (Å²) in [6, 6.07) is 14.8. The molecule has 1 aliphatic rings. The average Bonchev–Trinajstić information content (AvgIpc) is 2.73. The maximum Gasteiger partial charge on any atom is 0.240 e. The Labute approximate surface area is 159 Å². The highest BCUT2D eigenvalue weighted by molar-refractivity contribution is 7.89. The van der Waals surface area contributed by atoms with Gasteiger partial charge in [0.1, 0.15) is 0 Å². The van der Waals surface area contributed by atoms with Crippen molar-refractivity contribution in [3.05, 3.63) is 60.9 Å². The Morgan fingerprint density at radius 1 is 0.963 bits per heavy atom. The third-order valence-corrected chi connectivity index (χ3v) is 6.46. The Morgan fingerprint density at radius 2 is 1.67 bits per heavy atom. The van der Waals surface area contributed by atoms with Gasteiger partial charge in [0.25, 0.3) is 0 Å². The number of nitrogens with one attached hydrogen (secondary N) is 1. The Bertz CT molecular complexity index is 1020. The Balaban J connectivity index is 1.36. The molecule has 0 aliphatic carbocycles. The predicted octanol–water partition coefficient (Wildman–Crippen LogP) is 2.82. The van der Waals surface area contributed by atoms with E-state index in [9.17, 15) is 8.42 Å². The maximum absolute atomic E-state index is 12.7. The van der Waals surface area contributed by atoms with Gasteiger partial charge in [0.2, 0.25) is 16.0 Å². The number of rotatable bonds is 5. The summed E-state index contributed by atoms with van der Waals surface area (Å²) in [5.41, 5.74) is 0. The van der Waals surface area contributed by atoms with Crippen molar-refractivity contribution in [2.75, 3.05) is 24.5 Å². The summed E-state index contributed by atoms with van der Waals surface area (Å²) in [6.07, 6.45) is 5.31. The van der Waals surface area contributed by atoms with Crippen LogP contribution in [0.25, 0.3) is 10.8 Å². The molecular weight excluding hydrogens is 360 g/mol. The number of benzene rings is 2. The van der Waals surface area contributed by atoms with E-state index in [1.165, 1.54) is 0 Å². The van der Waals surface area contributed by atoms with Crippen LogP contribution in [0.1, 0.15) is 12.8 Å². The molecule has 0 unspecified atom stereocenters. The molecule has 0 saturated carbocycles. The molecule has 0 amide bonds. The number of nitrogens with zero attached hydrogens (tertiary/aromatic N) is 3. The molecule has 1 saturated heterocycles. The standard InChI is InChI=1S/C20H22N4O2S/c25-27(26,19-7-6-17-4-1-2-5-18(17)14-19)23-15-16-8-12-24(13-9-16)20-21-10-3-11-22-20/h1-7,10-11,14,16,23H,8-9,12-13,15H2. The fourth-order valence-electron chi connectivity index (χ4n) is 3.44. The second-order valence-corrected chi connectivity index (χ2v) is 8.61. The van der Waals surface area contributed by atoms with Gasteiger partial charge in [0.15, 0.2) is 0 Å². The Hall–Kier alpha value is -2.51. The zero-order chi connectivity index (χ0) is 18.7. The van der Waals surface area contributed by atoms with Crippen LogP contribution in [0.4, 0.5) is 5.95 Å². The lowest BCUT2D eigenvalue weighted by atomic mass is 9.97. The zero-order valence-electron chi connectivity index (χ0n) is 15.0. The maximum atomic E-state index is 12.7. The Morgan fingerprint density at radius 3 is 2.41 bits per heavy atom. The van der Waals surface area contributed by atoms with Gasteiger partial charge in [-0.3, -0.25) is 0 Å². The van der Waals surface area contributed by atoms with Crippen LogP contribution in [0.2, 0.25) is 0 Å². The fourth-order valence-corrected chi connectivity index (χ4v) is 4.59. The van der Waals surface area contributed by atoms with Crippen molar-refractivity contribution < 1.29 is 8.42 Å². The van der Waals surface area contributed by atoms with Crippen molar-refractivity contribution >= 4 is 26.7 Å². The summed E-state index contributed by atoms with van der Waals surface area (Å²) in [5, 5.41) is 1.96. The van der Waals surface area contributed by atoms with Crippen LogP contribution in [-0.2, 0) is 10.0 Å². The van der Waals surface area contributed by atoms with Crippen LogP contribution in [0, 0.1) is 5.92 Å². The first-order valence-corrected chi connectivity index (χ1v) is 10.6. The van der Waals surface area contributed by atoms with Crippen molar-refractivity contribution in [2.24, 2.45) is 5.92 Å². The number of aromatic nitrogens is 2. The molecule has 3 aromatic rings. The quantitative estimate of drug-likeness (QED) is 0.734. The van der Waals surface area contributed by atoms with Gasteiger partial charge in [-0.15, -0.1) is 0 Å². The lowest BCUT2D eigenvalue weighted by Gasteiger charge is -2.31. The smallest absolute Gasteiger partial charge is 0.240 e. The van der Waals surface area contributed by atoms with E-state index in [1.807, 2.05) is 30.3 Å². The number of piperidine rings is 1. The summed E-state index contributed by atoms with van der Waals surface area (Å²) >= 11 is 0. The van der Waals surface area contributed by atoms with Crippen molar-refractivity contribution in [1.29, 1.82) is 0 Å². The van der Waals surface area contributed by atoms with Gasteiger partial charge in [-0.1, -0.05) is 30.3 Å². The molecule has 2 heterocycles. The summed E-state index contributed by atoms with van der Waals surface area (Å²) in [4.78, 5) is 11.0. The van der Waals surface area contributed by atoms with E-state index in [1.54, 1.807) is 30.6 Å². The van der Waals surface area contributed by atoms with Crippen LogP contribution >= 0.6 is 0 Å². The molecule has 0 bridgehead atoms. The number of hydrogen-bond donors (Lipinski definition) is 1. The molecule has 4 rings (SSSR count). The lowest BCUT2D eigenvalue weighted by molar-refractivity contribution is 0.399. The molecule has 1 fully saturated rings. The summed E-state index contributed by atoms with van der Waals surface area (Å²) in [6.45, 7) is 2.14. The van der Waals surface area contributed by atoms with Crippen molar-refractivity contribution in [1.82, 2.24) is 14.7 Å². The highest BCUT2D eigenvalue weighted by Gasteiger charge is 2.23. The molecule has 140 valence electrons.